The maximum absolute atomic E-state index is 2.61. The Bertz CT molecular complexity index is 1060. The van der Waals surface area contributed by atoms with Crippen molar-refractivity contribution in [2.45, 2.75) is 52.9 Å². The quantitative estimate of drug-likeness (QED) is 0.463. The van der Waals surface area contributed by atoms with Crippen molar-refractivity contribution in [3.05, 3.63) is 94.5 Å². The van der Waals surface area contributed by atoms with E-state index in [4.69, 9.17) is 0 Å². The normalized spacial score (nSPS) is 28.9. The summed E-state index contributed by atoms with van der Waals surface area (Å²) in [5, 5.41) is 0. The van der Waals surface area contributed by atoms with E-state index in [1.165, 1.54) is 42.4 Å². The van der Waals surface area contributed by atoms with E-state index in [0.717, 1.165) is 12.3 Å². The fraction of sp³-hybridized carbons (Fsp3) is 0.433. The van der Waals surface area contributed by atoms with Gasteiger partial charge in [-0.05, 0) is 53.1 Å². The molecule has 0 amide bonds. The molecule has 5 aliphatic carbocycles. The van der Waals surface area contributed by atoms with Gasteiger partial charge in [-0.15, -0.1) is 6.42 Å². The van der Waals surface area contributed by atoms with Gasteiger partial charge >= 0.3 is 26.2 Å². The minimum Gasteiger partial charge on any atom is -1.00 e. The van der Waals surface area contributed by atoms with Gasteiger partial charge in [-0.3, -0.25) is 0 Å². The van der Waals surface area contributed by atoms with Crippen LogP contribution in [0.3, 0.4) is 0 Å². The Balaban J connectivity index is 0.00000102. The largest absolute Gasteiger partial charge is 3.00 e. The summed E-state index contributed by atoms with van der Waals surface area (Å²) in [6.45, 7) is 7.04. The summed E-state index contributed by atoms with van der Waals surface area (Å²) < 4.78 is 0. The summed E-state index contributed by atoms with van der Waals surface area (Å²) in [4.78, 5) is 0. The van der Waals surface area contributed by atoms with Gasteiger partial charge in [0.25, 0.3) is 0 Å². The van der Waals surface area contributed by atoms with Crippen molar-refractivity contribution in [2.24, 2.45) is 29.1 Å². The first-order chi connectivity index (χ1) is 14.5. The van der Waals surface area contributed by atoms with E-state index in [2.05, 4.69) is 81.8 Å². The van der Waals surface area contributed by atoms with Crippen LogP contribution in [0, 0.1) is 35.5 Å². The molecule has 0 spiro atoms. The van der Waals surface area contributed by atoms with Crippen LogP contribution >= 0.6 is 0 Å². The molecule has 1 saturated carbocycles. The monoisotopic (exact) mass is 553 g/mol. The zero-order valence-electron chi connectivity index (χ0n) is 19.9. The average molecular weight is 556 g/mol. The fourth-order valence-corrected chi connectivity index (χ4v) is 6.86. The molecule has 1 fully saturated rings. The summed E-state index contributed by atoms with van der Waals surface area (Å²) in [6, 6.07) is 9.17. The molecule has 3 heteroatoms. The van der Waals surface area contributed by atoms with Crippen LogP contribution in [0.5, 0.6) is 0 Å². The Kier molecular flexibility index (Phi) is 8.21. The van der Waals surface area contributed by atoms with Crippen molar-refractivity contribution in [2.75, 3.05) is 0 Å². The van der Waals surface area contributed by atoms with Crippen molar-refractivity contribution in [1.29, 1.82) is 0 Å². The third-order valence-corrected chi connectivity index (χ3v) is 8.27. The molecule has 171 valence electrons. The molecule has 0 aliphatic heterocycles. The van der Waals surface area contributed by atoms with Crippen LogP contribution < -0.4 is 24.8 Å². The molecule has 0 saturated heterocycles. The van der Waals surface area contributed by atoms with E-state index in [1.54, 1.807) is 22.3 Å². The van der Waals surface area contributed by atoms with Crippen LogP contribution in [0.25, 0.3) is 5.57 Å². The summed E-state index contributed by atoms with van der Waals surface area (Å²) in [5.74, 6) is 2.65. The van der Waals surface area contributed by atoms with E-state index < -0.39 is 0 Å². The smallest absolute Gasteiger partial charge is 1.00 e. The average Bonchev–Trinajstić information content (AvgIpc) is 3.39. The molecular weight excluding hydrogens is 522 g/mol. The van der Waals surface area contributed by atoms with E-state index in [0.29, 0.717) is 17.8 Å². The molecule has 4 unspecified atom stereocenters. The van der Waals surface area contributed by atoms with Gasteiger partial charge in [-0.1, -0.05) is 105 Å². The van der Waals surface area contributed by atoms with Crippen LogP contribution in [0.2, 0.25) is 0 Å². The number of hydrogen-bond acceptors (Lipinski definition) is 0. The summed E-state index contributed by atoms with van der Waals surface area (Å²) in [6.07, 6.45) is 21.5. The number of allylic oxidation sites excluding steroid dienone is 10. The van der Waals surface area contributed by atoms with Crippen molar-refractivity contribution in [3.8, 4) is 0 Å². The molecule has 1 aromatic rings. The zero-order valence-corrected chi connectivity index (χ0v) is 23.8. The van der Waals surface area contributed by atoms with E-state index >= 15 is 0 Å². The predicted molar refractivity (Wildman–Crippen MR) is 127 cm³/mol. The molecule has 0 heterocycles. The van der Waals surface area contributed by atoms with Crippen molar-refractivity contribution >= 4 is 5.57 Å². The standard InChI is InChI=1S/C30H33.2ClH.Zr/c1-30(2,3)21-16-15-20(17-21)23-13-8-14-26-28(23)25-12-7-6-11-24(25)27-18-19-9-4-5-10-22(19)29(26)27;;;/h4-5,8-11,14-17,20,23,25,28H,6-7,12-13,18H2,1-3H3;2*1H;/q-1;;;+3/p-2. The second-order valence-corrected chi connectivity index (χ2v) is 11.0. The van der Waals surface area contributed by atoms with Crippen LogP contribution in [-0.4, -0.2) is 0 Å². The minimum atomic E-state index is 0. The molecule has 0 bridgehead atoms. The molecular formula is C30H33Cl2Zr. The second-order valence-electron chi connectivity index (χ2n) is 11.0. The Morgan fingerprint density at radius 2 is 1.82 bits per heavy atom. The molecule has 0 nitrogen and oxygen atoms in total. The van der Waals surface area contributed by atoms with Crippen LogP contribution in [0.1, 0.15) is 57.6 Å². The maximum atomic E-state index is 2.61. The van der Waals surface area contributed by atoms with Gasteiger partial charge in [0.15, 0.2) is 0 Å². The topological polar surface area (TPSA) is 0 Å². The molecule has 0 aromatic heterocycles. The van der Waals surface area contributed by atoms with Gasteiger partial charge in [-0.25, -0.2) is 12.0 Å². The molecule has 1 aromatic carbocycles. The Hall–Kier alpha value is -0.747. The first-order valence-electron chi connectivity index (χ1n) is 12.0. The third kappa shape index (κ3) is 4.37. The molecule has 5 aliphatic rings. The number of halogens is 2. The van der Waals surface area contributed by atoms with E-state index in [-0.39, 0.29) is 56.4 Å². The number of rotatable bonds is 1. The van der Waals surface area contributed by atoms with Crippen molar-refractivity contribution in [3.63, 3.8) is 0 Å². The number of fused-ring (bicyclic) bond motifs is 6. The van der Waals surface area contributed by atoms with Crippen molar-refractivity contribution in [1.82, 2.24) is 0 Å². The Labute approximate surface area is 231 Å². The minimum absolute atomic E-state index is 0. The van der Waals surface area contributed by atoms with Gasteiger partial charge in [0, 0.05) is 0 Å². The third-order valence-electron chi connectivity index (χ3n) is 8.27. The molecule has 4 atom stereocenters. The summed E-state index contributed by atoms with van der Waals surface area (Å²) >= 11 is 0. The van der Waals surface area contributed by atoms with Gasteiger partial charge in [0.05, 0.1) is 0 Å². The maximum Gasteiger partial charge on any atom is 3.00 e. The van der Waals surface area contributed by atoms with Gasteiger partial charge in [0.2, 0.25) is 0 Å². The first kappa shape index (κ1) is 26.9. The number of benzene rings is 1. The fourth-order valence-electron chi connectivity index (χ4n) is 6.86. The summed E-state index contributed by atoms with van der Waals surface area (Å²) in [7, 11) is 0. The van der Waals surface area contributed by atoms with Gasteiger partial charge in [0.1, 0.15) is 0 Å². The summed E-state index contributed by atoms with van der Waals surface area (Å²) in [5.41, 5.74) is 11.4. The van der Waals surface area contributed by atoms with Crippen molar-refractivity contribution < 1.29 is 51.0 Å². The SMILES string of the molecule is CC(C)(C)C1=CC(C2CC=CC3=C4C(=C5[CH-]CCCC5C32)Cc2ccccc24)C=C1.[Cl-].[Cl-].[Zr+3]. The molecule has 6 rings (SSSR count). The predicted octanol–water partition coefficient (Wildman–Crippen LogP) is 1.67. The Morgan fingerprint density at radius 3 is 2.58 bits per heavy atom. The number of hydrogen-bond donors (Lipinski definition) is 0. The van der Waals surface area contributed by atoms with Crippen LogP contribution in [0.4, 0.5) is 0 Å². The second kappa shape index (κ2) is 10.1. The van der Waals surface area contributed by atoms with Gasteiger partial charge < -0.3 is 24.8 Å². The van der Waals surface area contributed by atoms with Crippen LogP contribution in [-0.2, 0) is 32.6 Å². The van der Waals surface area contributed by atoms with Gasteiger partial charge in [-0.2, -0.15) is 5.57 Å². The molecule has 1 radical (unpaired) electrons. The first-order valence-corrected chi connectivity index (χ1v) is 12.0. The molecule has 0 N–H and O–H groups in total. The Morgan fingerprint density at radius 1 is 1.03 bits per heavy atom. The molecule has 33 heavy (non-hydrogen) atoms. The van der Waals surface area contributed by atoms with E-state index in [9.17, 15) is 0 Å². The van der Waals surface area contributed by atoms with E-state index in [1.807, 2.05) is 0 Å². The van der Waals surface area contributed by atoms with Crippen LogP contribution in [0.15, 0.2) is 76.9 Å². The zero-order chi connectivity index (χ0) is 20.5.